The predicted molar refractivity (Wildman–Crippen MR) is 112 cm³/mol. The fourth-order valence-corrected chi connectivity index (χ4v) is 3.90. The summed E-state index contributed by atoms with van der Waals surface area (Å²) in [5, 5.41) is 8.26. The maximum atomic E-state index is 13.6. The topological polar surface area (TPSA) is 107 Å². The second kappa shape index (κ2) is 7.70. The highest BCUT2D eigenvalue weighted by molar-refractivity contribution is 5.97. The number of hydrogen-bond acceptors (Lipinski definition) is 4. The van der Waals surface area contributed by atoms with Crippen LogP contribution in [0.4, 0.5) is 10.2 Å². The van der Waals surface area contributed by atoms with Crippen molar-refractivity contribution < 1.29 is 13.8 Å². The number of nitrogens with zero attached hydrogens (tertiary/aromatic N) is 2. The van der Waals surface area contributed by atoms with Gasteiger partial charge in [0.25, 0.3) is 11.7 Å². The van der Waals surface area contributed by atoms with E-state index in [2.05, 4.69) is 4.98 Å². The lowest BCUT2D eigenvalue weighted by molar-refractivity contribution is -0.514. The Balaban J connectivity index is 1.70. The number of rotatable bonds is 3. The van der Waals surface area contributed by atoms with Gasteiger partial charge in [-0.1, -0.05) is 13.0 Å². The van der Waals surface area contributed by atoms with E-state index >= 15 is 0 Å². The molecule has 0 aliphatic carbocycles. The smallest absolute Gasteiger partial charge is 0.321 e. The molecule has 0 atom stereocenters. The van der Waals surface area contributed by atoms with Gasteiger partial charge in [-0.15, -0.1) is 0 Å². The van der Waals surface area contributed by atoms with Gasteiger partial charge < -0.3 is 15.6 Å². The number of aromatic amines is 1. The summed E-state index contributed by atoms with van der Waals surface area (Å²) in [4.78, 5) is 29.7. The Morgan fingerprint density at radius 3 is 2.83 bits per heavy atom. The minimum Gasteiger partial charge on any atom is -0.334 e. The maximum Gasteiger partial charge on any atom is 0.321 e. The van der Waals surface area contributed by atoms with Crippen molar-refractivity contribution in [1.29, 1.82) is 5.41 Å². The van der Waals surface area contributed by atoms with Crippen LogP contribution >= 0.6 is 0 Å². The predicted octanol–water partition coefficient (Wildman–Crippen LogP) is 2.36. The highest BCUT2D eigenvalue weighted by Gasteiger charge is 2.24. The molecule has 0 unspecified atom stereocenters. The summed E-state index contributed by atoms with van der Waals surface area (Å²) >= 11 is 0. The van der Waals surface area contributed by atoms with Crippen LogP contribution in [0.25, 0.3) is 11.0 Å². The fourth-order valence-electron chi connectivity index (χ4n) is 3.90. The van der Waals surface area contributed by atoms with Crippen LogP contribution in [0.2, 0.25) is 0 Å². The Labute approximate surface area is 172 Å². The van der Waals surface area contributed by atoms with Gasteiger partial charge in [-0.2, -0.15) is 9.98 Å². The van der Waals surface area contributed by atoms with Crippen molar-refractivity contribution in [2.45, 2.75) is 32.7 Å². The van der Waals surface area contributed by atoms with Crippen LogP contribution < -0.4 is 15.9 Å². The first-order valence-corrected chi connectivity index (χ1v) is 9.91. The number of carbonyl (C=O) groups excluding carboxylic acids is 1. The van der Waals surface area contributed by atoms with Crippen molar-refractivity contribution in [3.8, 4) is 0 Å². The molecular weight excluding hydrogens is 385 g/mol. The SMILES string of the molecule is CCCC(=N)[n+]1c(N)c(=O)[nH]c2cc(C(=O)N3CCc4ccc(F)cc4C3)ccc21. The van der Waals surface area contributed by atoms with Gasteiger partial charge in [-0.05, 0) is 54.3 Å². The number of nitrogens with two attached hydrogens (primary N) is 1. The number of H-pyrrole nitrogens is 1. The molecule has 8 heteroatoms. The van der Waals surface area contributed by atoms with E-state index in [9.17, 15) is 14.0 Å². The van der Waals surface area contributed by atoms with Gasteiger partial charge in [0.15, 0.2) is 0 Å². The molecule has 30 heavy (non-hydrogen) atoms. The van der Waals surface area contributed by atoms with Gasteiger partial charge in [-0.3, -0.25) is 9.59 Å². The number of carbonyl (C=O) groups is 1. The van der Waals surface area contributed by atoms with Crippen molar-refractivity contribution in [2.24, 2.45) is 0 Å². The normalized spacial score (nSPS) is 13.3. The largest absolute Gasteiger partial charge is 0.334 e. The molecule has 4 N–H and O–H groups in total. The Bertz CT molecular complexity index is 1230. The number of hydrogen-bond donors (Lipinski definition) is 3. The van der Waals surface area contributed by atoms with Crippen molar-refractivity contribution >= 4 is 28.6 Å². The van der Waals surface area contributed by atoms with Gasteiger partial charge >= 0.3 is 5.56 Å². The molecule has 0 fully saturated rings. The Morgan fingerprint density at radius 1 is 1.27 bits per heavy atom. The number of halogens is 1. The van der Waals surface area contributed by atoms with Crippen molar-refractivity contribution in [1.82, 2.24) is 9.88 Å². The third kappa shape index (κ3) is 3.45. The molecule has 0 radical (unpaired) electrons. The van der Waals surface area contributed by atoms with E-state index in [1.165, 1.54) is 16.7 Å². The number of nitrogen functional groups attached to an aromatic ring is 1. The van der Waals surface area contributed by atoms with Crippen LogP contribution in [-0.4, -0.2) is 28.2 Å². The standard InChI is InChI=1S/C22H22FN5O2/c1-2-3-19(24)28-18-7-5-14(11-17(18)26-21(29)20(28)25)22(30)27-9-8-13-4-6-16(23)10-15(13)12-27/h4-7,10-11,24-25H,2-3,8-9,12H2,1H3,(H,26,29)/p+1. The molecule has 154 valence electrons. The molecule has 2 heterocycles. The summed E-state index contributed by atoms with van der Waals surface area (Å²) in [6.45, 7) is 2.82. The lowest BCUT2D eigenvalue weighted by Gasteiger charge is -2.29. The minimum absolute atomic E-state index is 0.0605. The van der Waals surface area contributed by atoms with Gasteiger partial charge in [-0.25, -0.2) is 4.39 Å². The molecule has 0 spiro atoms. The zero-order valence-corrected chi connectivity index (χ0v) is 16.7. The van der Waals surface area contributed by atoms with E-state index in [1.807, 2.05) is 6.92 Å². The van der Waals surface area contributed by atoms with Crippen LogP contribution in [0.5, 0.6) is 0 Å². The lowest BCUT2D eigenvalue weighted by atomic mass is 9.99. The lowest BCUT2D eigenvalue weighted by Crippen LogP contribution is -2.49. The highest BCUT2D eigenvalue weighted by Crippen LogP contribution is 2.22. The molecule has 4 rings (SSSR count). The number of amides is 1. The molecule has 3 aromatic rings. The Hall–Kier alpha value is -3.55. The molecule has 0 saturated heterocycles. The fraction of sp³-hybridized carbons (Fsp3) is 0.273. The van der Waals surface area contributed by atoms with Gasteiger partial charge in [0.05, 0.1) is 5.52 Å². The Morgan fingerprint density at radius 2 is 2.07 bits per heavy atom. The zero-order chi connectivity index (χ0) is 21.4. The molecule has 7 nitrogen and oxygen atoms in total. The van der Waals surface area contributed by atoms with E-state index in [1.54, 1.807) is 29.2 Å². The molecule has 1 aliphatic heterocycles. The van der Waals surface area contributed by atoms with Crippen LogP contribution in [0.15, 0.2) is 41.2 Å². The average molecular weight is 408 g/mol. The van der Waals surface area contributed by atoms with E-state index in [-0.39, 0.29) is 23.4 Å². The summed E-state index contributed by atoms with van der Waals surface area (Å²) in [6.07, 6.45) is 1.88. The zero-order valence-electron chi connectivity index (χ0n) is 16.7. The van der Waals surface area contributed by atoms with Crippen molar-refractivity contribution in [3.63, 3.8) is 0 Å². The molecule has 0 saturated carbocycles. The van der Waals surface area contributed by atoms with E-state index < -0.39 is 5.56 Å². The molecule has 0 bridgehead atoms. The van der Waals surface area contributed by atoms with Gasteiger partial charge in [0.1, 0.15) is 11.3 Å². The van der Waals surface area contributed by atoms with Crippen LogP contribution in [0, 0.1) is 11.2 Å². The minimum atomic E-state index is -0.504. The number of benzene rings is 2. The maximum absolute atomic E-state index is 13.6. The summed E-state index contributed by atoms with van der Waals surface area (Å²) in [5.41, 5.74) is 8.69. The first kappa shape index (κ1) is 19.8. The summed E-state index contributed by atoms with van der Waals surface area (Å²) < 4.78 is 15.0. The van der Waals surface area contributed by atoms with Crippen LogP contribution in [0.3, 0.4) is 0 Å². The third-order valence-electron chi connectivity index (χ3n) is 5.43. The second-order valence-corrected chi connectivity index (χ2v) is 7.49. The van der Waals surface area contributed by atoms with Gasteiger partial charge in [0, 0.05) is 25.1 Å². The van der Waals surface area contributed by atoms with Crippen LogP contribution in [0.1, 0.15) is 41.3 Å². The summed E-state index contributed by atoms with van der Waals surface area (Å²) in [7, 11) is 0. The molecular formula is C22H23FN5O2+. The third-order valence-corrected chi connectivity index (χ3v) is 5.43. The summed E-state index contributed by atoms with van der Waals surface area (Å²) in [6, 6.07) is 9.64. The number of aromatic nitrogens is 2. The number of anilines is 1. The first-order valence-electron chi connectivity index (χ1n) is 9.91. The molecule has 1 aliphatic rings. The van der Waals surface area contributed by atoms with Crippen molar-refractivity contribution in [3.05, 3.63) is 69.3 Å². The highest BCUT2D eigenvalue weighted by atomic mass is 19.1. The summed E-state index contributed by atoms with van der Waals surface area (Å²) in [5.74, 6) is -0.350. The van der Waals surface area contributed by atoms with E-state index in [0.29, 0.717) is 42.5 Å². The quantitative estimate of drug-likeness (QED) is 0.352. The van der Waals surface area contributed by atoms with Crippen molar-refractivity contribution in [2.75, 3.05) is 12.3 Å². The van der Waals surface area contributed by atoms with E-state index in [4.69, 9.17) is 11.1 Å². The number of nitrogens with one attached hydrogen (secondary N) is 2. The molecule has 1 amide bonds. The van der Waals surface area contributed by atoms with Crippen LogP contribution in [-0.2, 0) is 13.0 Å². The van der Waals surface area contributed by atoms with Gasteiger partial charge in [0.2, 0.25) is 5.84 Å². The average Bonchev–Trinajstić information content (AvgIpc) is 2.73. The monoisotopic (exact) mass is 408 g/mol. The molecule has 1 aromatic heterocycles. The number of fused-ring (bicyclic) bond motifs is 2. The molecule has 2 aromatic carbocycles. The van der Waals surface area contributed by atoms with E-state index in [0.717, 1.165) is 17.5 Å². The second-order valence-electron chi connectivity index (χ2n) is 7.49. The first-order chi connectivity index (χ1) is 14.4. The Kier molecular flexibility index (Phi) is 5.07.